The molecule has 4 N–H and O–H groups in total. The molecule has 0 aromatic heterocycles. The quantitative estimate of drug-likeness (QED) is 0.504. The molecule has 0 fully saturated rings. The lowest BCUT2D eigenvalue weighted by molar-refractivity contribution is -0.146. The van der Waals surface area contributed by atoms with Crippen LogP contribution in [0.1, 0.15) is 19.8 Å². The lowest BCUT2D eigenvalue weighted by Crippen LogP contribution is -2.44. The maximum atomic E-state index is 11.4. The molecule has 6 nitrogen and oxygen atoms in total. The number of hydrogen-bond donors (Lipinski definition) is 4. The van der Waals surface area contributed by atoms with Gasteiger partial charge in [0.1, 0.15) is 0 Å². The van der Waals surface area contributed by atoms with E-state index in [0.717, 1.165) is 12.2 Å². The second-order valence-corrected chi connectivity index (χ2v) is 4.51. The number of hydrogen-bond acceptors (Lipinski definition) is 4. The van der Waals surface area contributed by atoms with Crippen LogP contribution in [0.3, 0.4) is 0 Å². The molecule has 7 heteroatoms. The highest BCUT2D eigenvalue weighted by atomic mass is 32.2. The van der Waals surface area contributed by atoms with Gasteiger partial charge < -0.3 is 20.8 Å². The molecular weight excluding hydrogens is 244 g/mol. The Labute approximate surface area is 105 Å². The van der Waals surface area contributed by atoms with Crippen molar-refractivity contribution in [3.63, 3.8) is 0 Å². The van der Waals surface area contributed by atoms with E-state index in [1.165, 1.54) is 0 Å². The summed E-state index contributed by atoms with van der Waals surface area (Å²) in [5.74, 6) is -0.442. The maximum absolute atomic E-state index is 11.4. The number of urea groups is 1. The fraction of sp³-hybridized carbons (Fsp3) is 0.800. The number of carbonyl (C=O) groups is 2. The average molecular weight is 264 g/mol. The summed E-state index contributed by atoms with van der Waals surface area (Å²) in [7, 11) is 0. The van der Waals surface area contributed by atoms with Gasteiger partial charge >= 0.3 is 12.0 Å². The first-order valence-corrected chi connectivity index (χ1v) is 6.84. The summed E-state index contributed by atoms with van der Waals surface area (Å²) in [4.78, 5) is 21.7. The third-order valence-electron chi connectivity index (χ3n) is 2.18. The number of thioether (sulfide) groups is 1. The molecule has 17 heavy (non-hydrogen) atoms. The first kappa shape index (κ1) is 16.1. The van der Waals surface area contributed by atoms with E-state index in [4.69, 9.17) is 10.2 Å². The van der Waals surface area contributed by atoms with Gasteiger partial charge in [-0.3, -0.25) is 0 Å². The van der Waals surface area contributed by atoms with Crippen molar-refractivity contribution in [3.8, 4) is 0 Å². The molecule has 0 aromatic rings. The minimum absolute atomic E-state index is 0.00206. The molecular formula is C10H20N2O4S. The Kier molecular flexibility index (Phi) is 8.61. The number of nitrogens with one attached hydrogen (secondary N) is 2. The van der Waals surface area contributed by atoms with Crippen LogP contribution >= 0.6 is 11.8 Å². The molecule has 2 amide bonds. The van der Waals surface area contributed by atoms with E-state index in [-0.39, 0.29) is 25.0 Å². The lowest BCUT2D eigenvalue weighted by atomic mass is 10.2. The summed E-state index contributed by atoms with van der Waals surface area (Å²) >= 11 is 1.65. The van der Waals surface area contributed by atoms with Gasteiger partial charge in [-0.05, 0) is 12.7 Å². The van der Waals surface area contributed by atoms with Crippen LogP contribution in [0.2, 0.25) is 0 Å². The molecule has 0 spiro atoms. The fourth-order valence-corrected chi connectivity index (χ4v) is 1.87. The fourth-order valence-electron chi connectivity index (χ4n) is 1.15. The number of carboxylic acids is 1. The Hall–Kier alpha value is -0.950. The second-order valence-electron chi connectivity index (χ2n) is 3.60. The Morgan fingerprint density at radius 1 is 1.41 bits per heavy atom. The Morgan fingerprint density at radius 2 is 2.06 bits per heavy atom. The van der Waals surface area contributed by atoms with E-state index in [0.29, 0.717) is 0 Å². The lowest BCUT2D eigenvalue weighted by Gasteiger charge is -2.16. The van der Waals surface area contributed by atoms with Crippen LogP contribution in [0.5, 0.6) is 0 Å². The van der Waals surface area contributed by atoms with Crippen LogP contribution < -0.4 is 10.6 Å². The van der Waals surface area contributed by atoms with E-state index < -0.39 is 12.1 Å². The van der Waals surface area contributed by atoms with Crippen molar-refractivity contribution in [2.45, 2.75) is 31.9 Å². The van der Waals surface area contributed by atoms with Crippen molar-refractivity contribution < 1.29 is 19.8 Å². The van der Waals surface area contributed by atoms with Crippen LogP contribution in [-0.2, 0) is 4.79 Å². The molecule has 0 saturated heterocycles. The number of rotatable bonds is 8. The van der Waals surface area contributed by atoms with Gasteiger partial charge in [0.25, 0.3) is 0 Å². The molecule has 0 aromatic carbocycles. The average Bonchev–Trinajstić information content (AvgIpc) is 2.28. The molecule has 0 bridgehead atoms. The third kappa shape index (κ3) is 7.87. The Bertz CT molecular complexity index is 250. The van der Waals surface area contributed by atoms with Crippen LogP contribution in [-0.4, -0.2) is 52.9 Å². The first-order valence-electron chi connectivity index (χ1n) is 5.45. The Balaban J connectivity index is 3.75. The highest BCUT2D eigenvalue weighted by molar-refractivity contribution is 7.98. The first-order chi connectivity index (χ1) is 8.01. The molecule has 0 rings (SSSR count). The van der Waals surface area contributed by atoms with E-state index in [2.05, 4.69) is 10.6 Å². The topological polar surface area (TPSA) is 98.7 Å². The minimum Gasteiger partial charge on any atom is -0.479 e. The van der Waals surface area contributed by atoms with Gasteiger partial charge in [0, 0.05) is 24.8 Å². The zero-order valence-electron chi connectivity index (χ0n) is 10.1. The number of carbonyl (C=O) groups excluding carboxylic acids is 1. The monoisotopic (exact) mass is 264 g/mol. The van der Waals surface area contributed by atoms with Gasteiger partial charge in [-0.2, -0.15) is 11.8 Å². The normalized spacial score (nSPS) is 13.8. The predicted octanol–water partition coefficient (Wildman–Crippen LogP) is 0.263. The predicted molar refractivity (Wildman–Crippen MR) is 67.3 cm³/mol. The van der Waals surface area contributed by atoms with E-state index in [1.54, 1.807) is 11.8 Å². The maximum Gasteiger partial charge on any atom is 0.332 e. The minimum atomic E-state index is -1.43. The molecule has 0 aliphatic carbocycles. The van der Waals surface area contributed by atoms with E-state index in [1.807, 2.05) is 13.2 Å². The molecule has 100 valence electrons. The van der Waals surface area contributed by atoms with Crippen LogP contribution in [0, 0.1) is 0 Å². The van der Waals surface area contributed by atoms with Crippen LogP contribution in [0.15, 0.2) is 0 Å². The number of aliphatic carboxylic acids is 1. The molecule has 0 aliphatic heterocycles. The number of aliphatic hydroxyl groups is 1. The van der Waals surface area contributed by atoms with Gasteiger partial charge in [0.15, 0.2) is 6.10 Å². The summed E-state index contributed by atoms with van der Waals surface area (Å²) < 4.78 is 0. The molecule has 2 atom stereocenters. The summed E-state index contributed by atoms with van der Waals surface area (Å²) in [6.07, 6.45) is 1.38. The van der Waals surface area contributed by atoms with Gasteiger partial charge in [-0.25, -0.2) is 9.59 Å². The number of carboxylic acid groups (broad SMARTS) is 1. The highest BCUT2D eigenvalue weighted by Crippen LogP contribution is 2.00. The highest BCUT2D eigenvalue weighted by Gasteiger charge is 2.13. The van der Waals surface area contributed by atoms with Gasteiger partial charge in [0.05, 0.1) is 0 Å². The van der Waals surface area contributed by atoms with Crippen molar-refractivity contribution in [3.05, 3.63) is 0 Å². The standard InChI is InChI=1S/C10H20N2O4S/c1-3-7(6-17-2)12-10(16)11-5-4-8(13)9(14)15/h7-8,13H,3-6H2,1-2H3,(H,14,15)(H2,11,12,16)/t7?,8-/m0/s1. The van der Waals surface area contributed by atoms with Gasteiger partial charge in [-0.1, -0.05) is 6.92 Å². The van der Waals surface area contributed by atoms with Crippen molar-refractivity contribution in [2.75, 3.05) is 18.6 Å². The summed E-state index contributed by atoms with van der Waals surface area (Å²) in [5, 5.41) is 22.7. The van der Waals surface area contributed by atoms with E-state index in [9.17, 15) is 9.59 Å². The largest absolute Gasteiger partial charge is 0.479 e. The number of amides is 2. The summed E-state index contributed by atoms with van der Waals surface area (Å²) in [5.41, 5.74) is 0. The molecule has 0 saturated carbocycles. The number of aliphatic hydroxyl groups excluding tert-OH is 1. The molecule has 0 radical (unpaired) electrons. The molecule has 1 unspecified atom stereocenters. The smallest absolute Gasteiger partial charge is 0.332 e. The van der Waals surface area contributed by atoms with Crippen LogP contribution in [0.4, 0.5) is 4.79 Å². The zero-order chi connectivity index (χ0) is 13.3. The van der Waals surface area contributed by atoms with Gasteiger partial charge in [0.2, 0.25) is 0 Å². The van der Waals surface area contributed by atoms with Crippen molar-refractivity contribution in [1.82, 2.24) is 10.6 Å². The molecule has 0 heterocycles. The van der Waals surface area contributed by atoms with Crippen molar-refractivity contribution in [2.24, 2.45) is 0 Å². The molecule has 0 aliphatic rings. The zero-order valence-corrected chi connectivity index (χ0v) is 10.9. The van der Waals surface area contributed by atoms with Crippen LogP contribution in [0.25, 0.3) is 0 Å². The second kappa shape index (κ2) is 9.12. The van der Waals surface area contributed by atoms with E-state index >= 15 is 0 Å². The summed E-state index contributed by atoms with van der Waals surface area (Å²) in [6.45, 7) is 2.12. The summed E-state index contributed by atoms with van der Waals surface area (Å²) in [6, 6.07) is -0.224. The Morgan fingerprint density at radius 3 is 2.53 bits per heavy atom. The van der Waals surface area contributed by atoms with Crippen molar-refractivity contribution >= 4 is 23.8 Å². The van der Waals surface area contributed by atoms with Crippen molar-refractivity contribution in [1.29, 1.82) is 0 Å². The van der Waals surface area contributed by atoms with Gasteiger partial charge in [-0.15, -0.1) is 0 Å². The SMILES string of the molecule is CCC(CSC)NC(=O)NCC[C@H](O)C(=O)O. The third-order valence-corrected chi connectivity index (χ3v) is 2.92.